The second-order valence-corrected chi connectivity index (χ2v) is 9.88. The molecule has 4 aromatic rings. The lowest BCUT2D eigenvalue weighted by molar-refractivity contribution is 0.0240. The van der Waals surface area contributed by atoms with Gasteiger partial charge < -0.3 is 0 Å². The Morgan fingerprint density at radius 2 is 0.824 bits per heavy atom. The summed E-state index contributed by atoms with van der Waals surface area (Å²) in [5.74, 6) is 0. The molecule has 0 spiro atoms. The Balaban J connectivity index is 1.62. The monoisotopic (exact) mass is 470 g/mol. The Hall–Kier alpha value is -2.97. The molecule has 0 saturated heterocycles. The second-order valence-electron chi connectivity index (χ2n) is 8.97. The van der Waals surface area contributed by atoms with Crippen molar-refractivity contribution in [1.82, 2.24) is 0 Å². The third-order valence-corrected chi connectivity index (χ3v) is 7.39. The zero-order valence-corrected chi connectivity index (χ0v) is 20.7. The first-order valence-corrected chi connectivity index (χ1v) is 12.8. The van der Waals surface area contributed by atoms with Crippen molar-refractivity contribution in [3.63, 3.8) is 0 Å². The van der Waals surface area contributed by atoms with Gasteiger partial charge in [-0.2, -0.15) is 0 Å². The summed E-state index contributed by atoms with van der Waals surface area (Å²) in [6.45, 7) is 3.97. The van der Waals surface area contributed by atoms with Gasteiger partial charge in [-0.1, -0.05) is 121 Å². The molecule has 0 aliphatic heterocycles. The average molecular weight is 471 g/mol. The van der Waals surface area contributed by atoms with Gasteiger partial charge in [0.05, 0.1) is 0 Å². The lowest BCUT2D eigenvalue weighted by atomic mass is 9.89. The second kappa shape index (κ2) is 11.0. The Morgan fingerprint density at radius 3 is 1.15 bits per heavy atom. The number of rotatable bonds is 10. The highest BCUT2D eigenvalue weighted by Crippen LogP contribution is 2.46. The fraction of sp³-hybridized carbons (Fsp3) is 0.200. The van der Waals surface area contributed by atoms with E-state index in [1.165, 1.54) is 0 Å². The van der Waals surface area contributed by atoms with Gasteiger partial charge in [0, 0.05) is 12.8 Å². The van der Waals surface area contributed by atoms with Crippen LogP contribution < -0.4 is 0 Å². The first kappa shape index (κ1) is 24.2. The van der Waals surface area contributed by atoms with Crippen LogP contribution in [0.25, 0.3) is 0 Å². The normalized spacial score (nSPS) is 15.7. The first-order valence-electron chi connectivity index (χ1n) is 11.6. The van der Waals surface area contributed by atoms with Gasteiger partial charge in [-0.25, -0.2) is 0 Å². The standard InChI is InChI=1S/C30H31O3P/c1-29(27-19-11-5-12-20-27,23-25-15-7-3-8-16-25)32-34(31)33-30(2,28-21-13-6-14-22-28)24-26-17-9-4-10-18-26/h3-22,34H,23-24H2,1-2H3. The van der Waals surface area contributed by atoms with E-state index in [1.807, 2.05) is 111 Å². The van der Waals surface area contributed by atoms with Crippen LogP contribution in [0.3, 0.4) is 0 Å². The Kier molecular flexibility index (Phi) is 7.80. The molecule has 0 aliphatic rings. The molecule has 2 unspecified atom stereocenters. The molecule has 4 aromatic carbocycles. The summed E-state index contributed by atoms with van der Waals surface area (Å²) in [7, 11) is -2.89. The zero-order valence-electron chi connectivity index (χ0n) is 19.7. The van der Waals surface area contributed by atoms with Crippen molar-refractivity contribution in [2.45, 2.75) is 37.9 Å². The Morgan fingerprint density at radius 1 is 0.529 bits per heavy atom. The molecule has 0 bridgehead atoms. The minimum atomic E-state index is -2.89. The molecular formula is C30H31O3P. The van der Waals surface area contributed by atoms with E-state index < -0.39 is 19.5 Å². The van der Waals surface area contributed by atoms with Gasteiger partial charge >= 0.3 is 8.25 Å². The zero-order chi connectivity index (χ0) is 23.9. The van der Waals surface area contributed by atoms with Gasteiger partial charge in [-0.3, -0.25) is 13.6 Å². The average Bonchev–Trinajstić information content (AvgIpc) is 2.86. The maximum Gasteiger partial charge on any atom is 0.320 e. The van der Waals surface area contributed by atoms with Gasteiger partial charge in [0.2, 0.25) is 0 Å². The molecule has 0 aliphatic carbocycles. The van der Waals surface area contributed by atoms with Crippen LogP contribution in [0.1, 0.15) is 36.1 Å². The molecule has 0 aromatic heterocycles. The van der Waals surface area contributed by atoms with Crippen LogP contribution in [0.2, 0.25) is 0 Å². The molecule has 0 radical (unpaired) electrons. The van der Waals surface area contributed by atoms with E-state index in [1.54, 1.807) is 0 Å². The first-order chi connectivity index (χ1) is 16.5. The molecule has 0 saturated carbocycles. The van der Waals surface area contributed by atoms with E-state index in [-0.39, 0.29) is 0 Å². The van der Waals surface area contributed by atoms with Crippen molar-refractivity contribution in [1.29, 1.82) is 0 Å². The van der Waals surface area contributed by atoms with Crippen LogP contribution in [-0.4, -0.2) is 0 Å². The smallest absolute Gasteiger partial charge is 0.299 e. The van der Waals surface area contributed by atoms with E-state index in [0.717, 1.165) is 22.3 Å². The lowest BCUT2D eigenvalue weighted by Crippen LogP contribution is -2.30. The van der Waals surface area contributed by atoms with Crippen LogP contribution >= 0.6 is 8.25 Å². The number of benzene rings is 4. The van der Waals surface area contributed by atoms with Gasteiger partial charge in [-0.05, 0) is 36.1 Å². The van der Waals surface area contributed by atoms with Crippen molar-refractivity contribution in [2.75, 3.05) is 0 Å². The van der Waals surface area contributed by atoms with Gasteiger partial charge in [0.1, 0.15) is 11.2 Å². The molecule has 2 atom stereocenters. The molecule has 0 heterocycles. The third-order valence-electron chi connectivity index (χ3n) is 6.15. The topological polar surface area (TPSA) is 35.5 Å². The maximum atomic E-state index is 13.5. The fourth-order valence-corrected chi connectivity index (χ4v) is 5.49. The van der Waals surface area contributed by atoms with Crippen molar-refractivity contribution in [3.8, 4) is 0 Å². The van der Waals surface area contributed by atoms with Gasteiger partial charge in [0.25, 0.3) is 0 Å². The van der Waals surface area contributed by atoms with Crippen LogP contribution in [-0.2, 0) is 37.7 Å². The summed E-state index contributed by atoms with van der Waals surface area (Å²) in [5, 5.41) is 0. The molecular weight excluding hydrogens is 439 g/mol. The van der Waals surface area contributed by atoms with Crippen LogP contribution in [0, 0.1) is 0 Å². The van der Waals surface area contributed by atoms with Crippen molar-refractivity contribution in [3.05, 3.63) is 144 Å². The molecule has 34 heavy (non-hydrogen) atoms. The van der Waals surface area contributed by atoms with Crippen molar-refractivity contribution >= 4 is 8.25 Å². The van der Waals surface area contributed by atoms with Crippen molar-refractivity contribution in [2.24, 2.45) is 0 Å². The molecule has 0 amide bonds. The summed E-state index contributed by atoms with van der Waals surface area (Å²) in [4.78, 5) is 0. The van der Waals surface area contributed by atoms with Crippen LogP contribution in [0.15, 0.2) is 121 Å². The van der Waals surface area contributed by atoms with E-state index in [4.69, 9.17) is 9.05 Å². The SMILES string of the molecule is CC(Cc1ccccc1)(O[PH](=O)OC(C)(Cc1ccccc1)c1ccccc1)c1ccccc1. The minimum Gasteiger partial charge on any atom is -0.299 e. The largest absolute Gasteiger partial charge is 0.320 e. The van der Waals surface area contributed by atoms with E-state index >= 15 is 0 Å². The lowest BCUT2D eigenvalue weighted by Gasteiger charge is -2.34. The fourth-order valence-electron chi connectivity index (χ4n) is 4.34. The predicted octanol–water partition coefficient (Wildman–Crippen LogP) is 7.73. The summed E-state index contributed by atoms with van der Waals surface area (Å²) in [5.41, 5.74) is 2.54. The summed E-state index contributed by atoms with van der Waals surface area (Å²) in [6, 6.07) is 40.1. The third kappa shape index (κ3) is 6.12. The minimum absolute atomic E-state index is 0.582. The predicted molar refractivity (Wildman–Crippen MR) is 139 cm³/mol. The number of hydrogen-bond donors (Lipinski definition) is 0. The molecule has 4 rings (SSSR count). The Bertz CT molecular complexity index is 1090. The number of hydrogen-bond acceptors (Lipinski definition) is 3. The van der Waals surface area contributed by atoms with Crippen LogP contribution in [0.5, 0.6) is 0 Å². The molecule has 4 heteroatoms. The highest BCUT2D eigenvalue weighted by molar-refractivity contribution is 7.33. The van der Waals surface area contributed by atoms with Crippen molar-refractivity contribution < 1.29 is 13.6 Å². The quantitative estimate of drug-likeness (QED) is 0.223. The molecule has 0 fully saturated rings. The van der Waals surface area contributed by atoms with Gasteiger partial charge in [0.15, 0.2) is 0 Å². The van der Waals surface area contributed by atoms with Gasteiger partial charge in [-0.15, -0.1) is 0 Å². The summed E-state index contributed by atoms with van der Waals surface area (Å²) in [6.07, 6.45) is 1.16. The highest BCUT2D eigenvalue weighted by Gasteiger charge is 2.35. The summed E-state index contributed by atoms with van der Waals surface area (Å²) >= 11 is 0. The van der Waals surface area contributed by atoms with E-state index in [9.17, 15) is 4.57 Å². The molecule has 3 nitrogen and oxygen atoms in total. The molecule has 174 valence electrons. The highest BCUT2D eigenvalue weighted by atomic mass is 31.1. The Labute approximate surface area is 203 Å². The van der Waals surface area contributed by atoms with E-state index in [2.05, 4.69) is 24.3 Å². The van der Waals surface area contributed by atoms with Crippen LogP contribution in [0.4, 0.5) is 0 Å². The summed E-state index contributed by atoms with van der Waals surface area (Å²) < 4.78 is 26.2. The van der Waals surface area contributed by atoms with E-state index in [0.29, 0.717) is 12.8 Å². The maximum absolute atomic E-state index is 13.5. The molecule has 0 N–H and O–H groups in total.